The van der Waals surface area contributed by atoms with E-state index in [-0.39, 0.29) is 18.5 Å². The van der Waals surface area contributed by atoms with Gasteiger partial charge in [-0.3, -0.25) is 4.79 Å². The molecule has 1 atom stereocenters. The minimum absolute atomic E-state index is 0.101. The lowest BCUT2D eigenvalue weighted by Crippen LogP contribution is -2.16. The van der Waals surface area contributed by atoms with Gasteiger partial charge in [-0.2, -0.15) is 0 Å². The van der Waals surface area contributed by atoms with Crippen molar-refractivity contribution < 1.29 is 9.53 Å². The van der Waals surface area contributed by atoms with Crippen LogP contribution in [0.1, 0.15) is 26.2 Å². The molecule has 0 saturated carbocycles. The van der Waals surface area contributed by atoms with Crippen molar-refractivity contribution in [1.29, 1.82) is 0 Å². The van der Waals surface area contributed by atoms with Crippen LogP contribution in [-0.2, 0) is 9.53 Å². The number of ketones is 1. The van der Waals surface area contributed by atoms with Crippen LogP contribution in [0.2, 0.25) is 0 Å². The molecule has 0 bridgehead atoms. The summed E-state index contributed by atoms with van der Waals surface area (Å²) in [5.74, 6) is 0.101. The van der Waals surface area contributed by atoms with Crippen LogP contribution in [0.5, 0.6) is 0 Å². The predicted octanol–water partition coefficient (Wildman–Crippen LogP) is 1.70. The summed E-state index contributed by atoms with van der Waals surface area (Å²) in [6, 6.07) is 0. The van der Waals surface area contributed by atoms with E-state index in [2.05, 4.69) is 6.08 Å². The number of hydrogen-bond donors (Lipinski definition) is 0. The summed E-state index contributed by atoms with van der Waals surface area (Å²) in [7, 11) is 0. The van der Waals surface area contributed by atoms with Crippen LogP contribution in [-0.4, -0.2) is 18.5 Å². The van der Waals surface area contributed by atoms with Gasteiger partial charge in [-0.15, -0.1) is 0 Å². The van der Waals surface area contributed by atoms with Gasteiger partial charge in [0.25, 0.3) is 0 Å². The minimum atomic E-state index is 0.101. The first-order valence-electron chi connectivity index (χ1n) is 4.07. The zero-order valence-corrected chi connectivity index (χ0v) is 6.88. The zero-order valence-electron chi connectivity index (χ0n) is 6.88. The summed E-state index contributed by atoms with van der Waals surface area (Å²) in [6.45, 7) is 1.81. The van der Waals surface area contributed by atoms with Crippen LogP contribution in [0, 0.1) is 0 Å². The van der Waals surface area contributed by atoms with Gasteiger partial charge in [-0.25, -0.2) is 0 Å². The number of hydrogen-bond acceptors (Lipinski definition) is 2. The van der Waals surface area contributed by atoms with E-state index in [0.29, 0.717) is 0 Å². The third-order valence-electron chi connectivity index (χ3n) is 1.71. The standard InChI is InChI=1S/C9H14O2/c1-8(10)7-11-9-5-3-2-4-6-9/h3,5,9H,2,4,6-7H2,1H3. The number of allylic oxidation sites excluding steroid dienone is 1. The van der Waals surface area contributed by atoms with Gasteiger partial charge in [0.15, 0.2) is 5.78 Å². The molecule has 0 spiro atoms. The highest BCUT2D eigenvalue weighted by Gasteiger charge is 2.08. The van der Waals surface area contributed by atoms with Crippen LogP contribution in [0.25, 0.3) is 0 Å². The van der Waals surface area contributed by atoms with Crippen LogP contribution in [0.4, 0.5) is 0 Å². The molecular formula is C9H14O2. The Kier molecular flexibility index (Phi) is 3.30. The largest absolute Gasteiger partial charge is 0.366 e. The molecule has 2 nitrogen and oxygen atoms in total. The molecule has 0 aromatic carbocycles. The lowest BCUT2D eigenvalue weighted by molar-refractivity contribution is -0.122. The molecule has 0 radical (unpaired) electrons. The molecule has 1 aliphatic carbocycles. The molecule has 11 heavy (non-hydrogen) atoms. The molecule has 0 aromatic heterocycles. The maximum Gasteiger partial charge on any atom is 0.155 e. The summed E-state index contributed by atoms with van der Waals surface area (Å²) in [5.41, 5.74) is 0. The highest BCUT2D eigenvalue weighted by Crippen LogP contribution is 2.12. The Morgan fingerprint density at radius 1 is 1.73 bits per heavy atom. The first kappa shape index (κ1) is 8.47. The van der Waals surface area contributed by atoms with Crippen molar-refractivity contribution in [2.24, 2.45) is 0 Å². The molecule has 1 rings (SSSR count). The number of carbonyl (C=O) groups excluding carboxylic acids is 1. The summed E-state index contributed by atoms with van der Waals surface area (Å²) in [6.07, 6.45) is 7.75. The maximum atomic E-state index is 10.5. The molecule has 2 heteroatoms. The van der Waals surface area contributed by atoms with E-state index >= 15 is 0 Å². The van der Waals surface area contributed by atoms with Crippen molar-refractivity contribution >= 4 is 5.78 Å². The van der Waals surface area contributed by atoms with E-state index < -0.39 is 0 Å². The Balaban J connectivity index is 2.20. The van der Waals surface area contributed by atoms with Crippen LogP contribution < -0.4 is 0 Å². The molecule has 0 N–H and O–H groups in total. The molecule has 0 saturated heterocycles. The Labute approximate surface area is 67.2 Å². The van der Waals surface area contributed by atoms with E-state index in [1.165, 1.54) is 6.42 Å². The molecule has 62 valence electrons. The summed E-state index contributed by atoms with van der Waals surface area (Å²) < 4.78 is 5.31. The lowest BCUT2D eigenvalue weighted by Gasteiger charge is -2.15. The molecule has 0 aliphatic heterocycles. The van der Waals surface area contributed by atoms with E-state index in [9.17, 15) is 4.79 Å². The van der Waals surface area contributed by atoms with Crippen molar-refractivity contribution in [1.82, 2.24) is 0 Å². The Morgan fingerprint density at radius 2 is 2.55 bits per heavy atom. The average Bonchev–Trinajstić information content (AvgIpc) is 2.03. The minimum Gasteiger partial charge on any atom is -0.366 e. The fraction of sp³-hybridized carbons (Fsp3) is 0.667. The second-order valence-corrected chi connectivity index (χ2v) is 2.91. The fourth-order valence-electron chi connectivity index (χ4n) is 1.14. The highest BCUT2D eigenvalue weighted by molar-refractivity contribution is 5.76. The molecule has 0 aromatic rings. The second-order valence-electron chi connectivity index (χ2n) is 2.91. The number of ether oxygens (including phenoxy) is 1. The molecule has 0 fully saturated rings. The number of carbonyl (C=O) groups is 1. The third-order valence-corrected chi connectivity index (χ3v) is 1.71. The van der Waals surface area contributed by atoms with Gasteiger partial charge in [0.2, 0.25) is 0 Å². The summed E-state index contributed by atoms with van der Waals surface area (Å²) in [4.78, 5) is 10.5. The Hall–Kier alpha value is -0.630. The van der Waals surface area contributed by atoms with Gasteiger partial charge in [-0.1, -0.05) is 12.2 Å². The van der Waals surface area contributed by atoms with E-state index in [1.54, 1.807) is 6.92 Å². The second kappa shape index (κ2) is 4.29. The first-order chi connectivity index (χ1) is 5.29. The third kappa shape index (κ3) is 3.33. The van der Waals surface area contributed by atoms with E-state index in [1.807, 2.05) is 6.08 Å². The van der Waals surface area contributed by atoms with Crippen molar-refractivity contribution in [2.45, 2.75) is 32.3 Å². The van der Waals surface area contributed by atoms with Gasteiger partial charge in [0.05, 0.1) is 6.10 Å². The zero-order chi connectivity index (χ0) is 8.10. The van der Waals surface area contributed by atoms with Gasteiger partial charge in [0, 0.05) is 0 Å². The molecular weight excluding hydrogens is 140 g/mol. The first-order valence-corrected chi connectivity index (χ1v) is 4.07. The topological polar surface area (TPSA) is 26.3 Å². The number of Topliss-reactive ketones (excluding diaryl/α,β-unsaturated/α-hetero) is 1. The summed E-state index contributed by atoms with van der Waals surface area (Å²) >= 11 is 0. The highest BCUT2D eigenvalue weighted by atomic mass is 16.5. The van der Waals surface area contributed by atoms with Crippen LogP contribution in [0.15, 0.2) is 12.2 Å². The SMILES string of the molecule is CC(=O)COC1C=CCCC1. The Morgan fingerprint density at radius 3 is 3.09 bits per heavy atom. The maximum absolute atomic E-state index is 10.5. The lowest BCUT2D eigenvalue weighted by atomic mass is 10.1. The Bertz CT molecular complexity index is 161. The van der Waals surface area contributed by atoms with Crippen LogP contribution >= 0.6 is 0 Å². The van der Waals surface area contributed by atoms with Gasteiger partial charge < -0.3 is 4.74 Å². The average molecular weight is 154 g/mol. The predicted molar refractivity (Wildman–Crippen MR) is 43.4 cm³/mol. The van der Waals surface area contributed by atoms with Gasteiger partial charge >= 0.3 is 0 Å². The monoisotopic (exact) mass is 154 g/mol. The van der Waals surface area contributed by atoms with Crippen molar-refractivity contribution in [3.8, 4) is 0 Å². The smallest absolute Gasteiger partial charge is 0.155 e. The summed E-state index contributed by atoms with van der Waals surface area (Å²) in [5, 5.41) is 0. The fourth-order valence-corrected chi connectivity index (χ4v) is 1.14. The molecule has 1 aliphatic rings. The van der Waals surface area contributed by atoms with Crippen LogP contribution in [0.3, 0.4) is 0 Å². The van der Waals surface area contributed by atoms with Crippen molar-refractivity contribution in [2.75, 3.05) is 6.61 Å². The molecule has 0 heterocycles. The quantitative estimate of drug-likeness (QED) is 0.578. The molecule has 0 amide bonds. The molecule has 1 unspecified atom stereocenters. The normalized spacial score (nSPS) is 23.5. The van der Waals surface area contributed by atoms with Crippen molar-refractivity contribution in [3.63, 3.8) is 0 Å². The van der Waals surface area contributed by atoms with Crippen molar-refractivity contribution in [3.05, 3.63) is 12.2 Å². The number of rotatable bonds is 3. The van der Waals surface area contributed by atoms with Gasteiger partial charge in [0.1, 0.15) is 6.61 Å². The van der Waals surface area contributed by atoms with Gasteiger partial charge in [-0.05, 0) is 26.2 Å². The van der Waals surface area contributed by atoms with E-state index in [0.717, 1.165) is 12.8 Å². The van der Waals surface area contributed by atoms with E-state index in [4.69, 9.17) is 4.74 Å².